The molecular formula is C24H40O5. The van der Waals surface area contributed by atoms with Crippen LogP contribution in [0.3, 0.4) is 0 Å². The molecule has 5 heteroatoms. The summed E-state index contributed by atoms with van der Waals surface area (Å²) < 4.78 is 0. The van der Waals surface area contributed by atoms with Gasteiger partial charge in [-0.2, -0.15) is 0 Å². The van der Waals surface area contributed by atoms with E-state index in [2.05, 4.69) is 20.8 Å². The highest BCUT2D eigenvalue weighted by Crippen LogP contribution is 2.68. The molecule has 0 aromatic heterocycles. The van der Waals surface area contributed by atoms with E-state index in [9.17, 15) is 20.1 Å². The van der Waals surface area contributed by atoms with E-state index in [4.69, 9.17) is 5.11 Å². The summed E-state index contributed by atoms with van der Waals surface area (Å²) in [6.45, 7) is 6.91. The summed E-state index contributed by atoms with van der Waals surface area (Å²) >= 11 is 0. The maximum Gasteiger partial charge on any atom is 0.332 e. The molecule has 4 aliphatic carbocycles. The second kappa shape index (κ2) is 7.49. The molecule has 0 heterocycles. The molecule has 0 saturated heterocycles. The van der Waals surface area contributed by atoms with E-state index in [0.717, 1.165) is 51.4 Å². The second-order valence-corrected chi connectivity index (χ2v) is 11.5. The van der Waals surface area contributed by atoms with Crippen molar-refractivity contribution in [3.05, 3.63) is 0 Å². The van der Waals surface area contributed by atoms with Crippen LogP contribution in [0.2, 0.25) is 0 Å². The molecule has 4 aliphatic rings. The van der Waals surface area contributed by atoms with Crippen molar-refractivity contribution in [2.24, 2.45) is 46.3 Å². The summed E-state index contributed by atoms with van der Waals surface area (Å²) in [6, 6.07) is 0. The van der Waals surface area contributed by atoms with Gasteiger partial charge in [-0.1, -0.05) is 20.8 Å². The maximum atomic E-state index is 11.2. The lowest BCUT2D eigenvalue weighted by molar-refractivity contribution is -0.174. The molecule has 0 unspecified atom stereocenters. The molecule has 0 amide bonds. The Hall–Kier alpha value is -0.650. The van der Waals surface area contributed by atoms with Crippen molar-refractivity contribution < 1.29 is 25.2 Å². The SMILES string of the molecule is C[C@H](C[C@H](O)C(=O)O)[C@H]1CC[C@H]2[C@@H]3[C@H](O)C[C@@H]4C[C@H](O)CC[C@]4(C)[C@H]3CC[C@]12C. The van der Waals surface area contributed by atoms with Crippen molar-refractivity contribution in [1.82, 2.24) is 0 Å². The van der Waals surface area contributed by atoms with Gasteiger partial charge in [-0.05, 0) is 104 Å². The summed E-state index contributed by atoms with van der Waals surface area (Å²) in [7, 11) is 0. The van der Waals surface area contributed by atoms with E-state index in [-0.39, 0.29) is 29.0 Å². The molecule has 0 radical (unpaired) electrons. The van der Waals surface area contributed by atoms with Crippen molar-refractivity contribution in [2.75, 3.05) is 0 Å². The van der Waals surface area contributed by atoms with E-state index in [1.807, 2.05) is 0 Å². The molecule has 0 bridgehead atoms. The fourth-order valence-corrected chi connectivity index (χ4v) is 8.79. The number of carboxylic acid groups (broad SMARTS) is 1. The quantitative estimate of drug-likeness (QED) is 0.571. The van der Waals surface area contributed by atoms with Crippen molar-refractivity contribution in [2.45, 2.75) is 96.9 Å². The Bertz CT molecular complexity index is 637. The Kier molecular flexibility index (Phi) is 5.57. The summed E-state index contributed by atoms with van der Waals surface area (Å²) in [5, 5.41) is 40.5. The van der Waals surface area contributed by atoms with Gasteiger partial charge in [-0.25, -0.2) is 4.79 Å². The number of aliphatic carboxylic acids is 1. The van der Waals surface area contributed by atoms with E-state index in [0.29, 0.717) is 36.0 Å². The minimum absolute atomic E-state index is 0.122. The molecule has 4 saturated carbocycles. The standard InChI is InChI=1S/C24H40O5/c1-13(10-20(27)22(28)29)16-4-5-17-21-18(7-9-24(16,17)3)23(2)8-6-15(25)11-14(23)12-19(21)26/h13-21,25-27H,4-12H2,1-3H3,(H,28,29)/t13-,14+,15-,16-,17+,18+,19-,20+,21+,23+,24-/m1/s1. The van der Waals surface area contributed by atoms with Crippen molar-refractivity contribution in [3.63, 3.8) is 0 Å². The highest BCUT2D eigenvalue weighted by atomic mass is 16.4. The fraction of sp³-hybridized carbons (Fsp3) is 0.958. The predicted octanol–water partition coefficient (Wildman–Crippen LogP) is 3.45. The van der Waals surface area contributed by atoms with Crippen LogP contribution in [0.1, 0.15) is 78.6 Å². The molecule has 4 fully saturated rings. The van der Waals surface area contributed by atoms with Crippen LogP contribution in [-0.4, -0.2) is 44.7 Å². The molecule has 0 aliphatic heterocycles. The van der Waals surface area contributed by atoms with Gasteiger partial charge < -0.3 is 20.4 Å². The molecule has 11 atom stereocenters. The van der Waals surface area contributed by atoms with Gasteiger partial charge in [-0.3, -0.25) is 0 Å². The van der Waals surface area contributed by atoms with Gasteiger partial charge in [0.2, 0.25) is 0 Å². The number of fused-ring (bicyclic) bond motifs is 5. The maximum absolute atomic E-state index is 11.2. The number of hydrogen-bond acceptors (Lipinski definition) is 4. The van der Waals surface area contributed by atoms with Crippen LogP contribution in [0.15, 0.2) is 0 Å². The van der Waals surface area contributed by atoms with E-state index < -0.39 is 12.1 Å². The van der Waals surface area contributed by atoms with Crippen LogP contribution in [0.25, 0.3) is 0 Å². The second-order valence-electron chi connectivity index (χ2n) is 11.5. The van der Waals surface area contributed by atoms with Gasteiger partial charge in [0.1, 0.15) is 0 Å². The van der Waals surface area contributed by atoms with E-state index in [1.54, 1.807) is 0 Å². The normalized spacial score (nSPS) is 51.4. The summed E-state index contributed by atoms with van der Waals surface area (Å²) in [5.41, 5.74) is 0.352. The number of carbonyl (C=O) groups is 1. The third kappa shape index (κ3) is 3.36. The van der Waals surface area contributed by atoms with E-state index in [1.165, 1.54) is 0 Å². The Balaban J connectivity index is 1.56. The van der Waals surface area contributed by atoms with Crippen molar-refractivity contribution in [3.8, 4) is 0 Å². The minimum Gasteiger partial charge on any atom is -0.479 e. The first-order valence-corrected chi connectivity index (χ1v) is 11.8. The van der Waals surface area contributed by atoms with Crippen LogP contribution in [0, 0.1) is 46.3 Å². The Morgan fingerprint density at radius 2 is 1.66 bits per heavy atom. The molecule has 0 spiro atoms. The first kappa shape index (κ1) is 21.6. The lowest BCUT2D eigenvalue weighted by atomic mass is 9.43. The predicted molar refractivity (Wildman–Crippen MR) is 110 cm³/mol. The summed E-state index contributed by atoms with van der Waals surface area (Å²) in [4.78, 5) is 11.1. The van der Waals surface area contributed by atoms with Crippen LogP contribution in [0.4, 0.5) is 0 Å². The third-order valence-electron chi connectivity index (χ3n) is 10.3. The molecule has 4 rings (SSSR count). The first-order valence-electron chi connectivity index (χ1n) is 11.8. The molecule has 0 aromatic rings. The van der Waals surface area contributed by atoms with Gasteiger partial charge in [-0.15, -0.1) is 0 Å². The number of carboxylic acids is 1. The number of rotatable bonds is 4. The largest absolute Gasteiger partial charge is 0.479 e. The lowest BCUT2D eigenvalue weighted by Crippen LogP contribution is -2.58. The molecule has 166 valence electrons. The average molecular weight is 409 g/mol. The van der Waals surface area contributed by atoms with Crippen LogP contribution in [-0.2, 0) is 4.79 Å². The first-order chi connectivity index (χ1) is 13.6. The van der Waals surface area contributed by atoms with Gasteiger partial charge in [0.15, 0.2) is 6.10 Å². The van der Waals surface area contributed by atoms with Crippen LogP contribution < -0.4 is 0 Å². The summed E-state index contributed by atoms with van der Waals surface area (Å²) in [6.07, 6.45) is 6.60. The molecule has 5 nitrogen and oxygen atoms in total. The highest BCUT2D eigenvalue weighted by Gasteiger charge is 2.62. The molecule has 4 N–H and O–H groups in total. The fourth-order valence-electron chi connectivity index (χ4n) is 8.79. The minimum atomic E-state index is -1.28. The number of hydrogen-bond donors (Lipinski definition) is 4. The lowest BCUT2D eigenvalue weighted by Gasteiger charge is -2.62. The zero-order valence-corrected chi connectivity index (χ0v) is 18.3. The third-order valence-corrected chi connectivity index (χ3v) is 10.3. The van der Waals surface area contributed by atoms with Gasteiger partial charge in [0.05, 0.1) is 12.2 Å². The molecule has 29 heavy (non-hydrogen) atoms. The average Bonchev–Trinajstić information content (AvgIpc) is 3.00. The van der Waals surface area contributed by atoms with Crippen molar-refractivity contribution in [1.29, 1.82) is 0 Å². The van der Waals surface area contributed by atoms with Crippen LogP contribution >= 0.6 is 0 Å². The van der Waals surface area contributed by atoms with Gasteiger partial charge >= 0.3 is 5.97 Å². The zero-order chi connectivity index (χ0) is 21.1. The summed E-state index contributed by atoms with van der Waals surface area (Å²) in [5.74, 6) is 1.22. The zero-order valence-electron chi connectivity index (χ0n) is 18.3. The number of aliphatic hydroxyl groups is 3. The molecule has 0 aromatic carbocycles. The smallest absolute Gasteiger partial charge is 0.332 e. The highest BCUT2D eigenvalue weighted by molar-refractivity contribution is 5.71. The van der Waals surface area contributed by atoms with Gasteiger partial charge in [0.25, 0.3) is 0 Å². The Morgan fingerprint density at radius 1 is 1.00 bits per heavy atom. The Labute approximate surface area is 174 Å². The Morgan fingerprint density at radius 3 is 2.34 bits per heavy atom. The van der Waals surface area contributed by atoms with E-state index >= 15 is 0 Å². The number of aliphatic hydroxyl groups excluding tert-OH is 3. The topological polar surface area (TPSA) is 98.0 Å². The monoisotopic (exact) mass is 408 g/mol. The van der Waals surface area contributed by atoms with Gasteiger partial charge in [0, 0.05) is 0 Å². The van der Waals surface area contributed by atoms with Crippen molar-refractivity contribution >= 4 is 5.97 Å². The van der Waals surface area contributed by atoms with Crippen LogP contribution in [0.5, 0.6) is 0 Å². The molecular weight excluding hydrogens is 368 g/mol.